The van der Waals surface area contributed by atoms with E-state index in [0.29, 0.717) is 18.8 Å². The van der Waals surface area contributed by atoms with Gasteiger partial charge >= 0.3 is 0 Å². The van der Waals surface area contributed by atoms with E-state index in [4.69, 9.17) is 14.2 Å². The highest BCUT2D eigenvalue weighted by molar-refractivity contribution is 5.29. The maximum atomic E-state index is 10.7. The molecule has 5 nitrogen and oxygen atoms in total. The van der Waals surface area contributed by atoms with Crippen molar-refractivity contribution in [3.05, 3.63) is 80.1 Å². The fourth-order valence-electron chi connectivity index (χ4n) is 2.42. The lowest BCUT2D eigenvalue weighted by Crippen LogP contribution is -2.36. The van der Waals surface area contributed by atoms with Gasteiger partial charge in [0.15, 0.2) is 0 Å². The Morgan fingerprint density at radius 3 is 2.06 bits per heavy atom. The standard InChI is InChI=1S/C19H26O4.C3H6.C2H6O.C2H6/c1-6-11-23-18(7-2)19(14(3)21-4)17(20)13-15-9-8-10-16(12-15)22-5;2*1-3-2;1-2/h6-10,12,17-20H,1-3,11,13H2,4-5H3;3H,1H2,2H3;1-2H3;1-2H3. The summed E-state index contributed by atoms with van der Waals surface area (Å²) in [6.45, 7) is 20.9. The minimum Gasteiger partial charge on any atom is -0.501 e. The summed E-state index contributed by atoms with van der Waals surface area (Å²) in [5, 5.41) is 10.7. The number of ether oxygens (including phenoxy) is 4. The summed E-state index contributed by atoms with van der Waals surface area (Å²) in [5.74, 6) is 0.776. The molecule has 0 amide bonds. The molecule has 0 aliphatic rings. The second kappa shape index (κ2) is 23.9. The van der Waals surface area contributed by atoms with Gasteiger partial charge in [0.05, 0.1) is 44.7 Å². The monoisotopic (exact) mass is 436 g/mol. The Kier molecular flexibility index (Phi) is 25.7. The van der Waals surface area contributed by atoms with Crippen LogP contribution in [0.25, 0.3) is 0 Å². The van der Waals surface area contributed by atoms with Gasteiger partial charge in [0.25, 0.3) is 0 Å². The first-order chi connectivity index (χ1) is 14.9. The molecule has 0 heterocycles. The van der Waals surface area contributed by atoms with Crippen LogP contribution in [0.2, 0.25) is 0 Å². The zero-order valence-corrected chi connectivity index (χ0v) is 20.6. The van der Waals surface area contributed by atoms with E-state index in [1.807, 2.05) is 45.0 Å². The number of hydrogen-bond acceptors (Lipinski definition) is 5. The van der Waals surface area contributed by atoms with E-state index < -0.39 is 18.1 Å². The average molecular weight is 437 g/mol. The van der Waals surface area contributed by atoms with Crippen LogP contribution in [0.15, 0.2) is 74.6 Å². The zero-order valence-electron chi connectivity index (χ0n) is 20.6. The van der Waals surface area contributed by atoms with Gasteiger partial charge in [-0.15, -0.1) is 19.7 Å². The van der Waals surface area contributed by atoms with Crippen LogP contribution in [-0.2, 0) is 20.6 Å². The van der Waals surface area contributed by atoms with Gasteiger partial charge in [-0.05, 0) is 31.0 Å². The van der Waals surface area contributed by atoms with Gasteiger partial charge in [-0.1, -0.05) is 50.8 Å². The number of hydrogen-bond donors (Lipinski definition) is 1. The van der Waals surface area contributed by atoms with Crippen LogP contribution in [0.5, 0.6) is 5.75 Å². The largest absolute Gasteiger partial charge is 0.501 e. The molecule has 1 aromatic carbocycles. The number of aliphatic hydroxyl groups is 1. The average Bonchev–Trinajstić information content (AvgIpc) is 2.78. The third-order valence-electron chi connectivity index (χ3n) is 3.62. The second-order valence-electron chi connectivity index (χ2n) is 5.96. The fraction of sp³-hybridized carbons (Fsp3) is 0.462. The third-order valence-corrected chi connectivity index (χ3v) is 3.62. The summed E-state index contributed by atoms with van der Waals surface area (Å²) in [6, 6.07) is 7.58. The molecule has 31 heavy (non-hydrogen) atoms. The van der Waals surface area contributed by atoms with Gasteiger partial charge in [-0.25, -0.2) is 0 Å². The molecule has 0 fully saturated rings. The van der Waals surface area contributed by atoms with Crippen LogP contribution in [0, 0.1) is 5.92 Å². The minimum atomic E-state index is -0.734. The normalized spacial score (nSPS) is 11.9. The minimum absolute atomic E-state index is 0.357. The predicted molar refractivity (Wildman–Crippen MR) is 133 cm³/mol. The first kappa shape index (κ1) is 33.3. The van der Waals surface area contributed by atoms with E-state index in [2.05, 4.69) is 31.1 Å². The molecule has 1 N–H and O–H groups in total. The first-order valence-electron chi connectivity index (χ1n) is 10.3. The number of allylic oxidation sites excluding steroid dienone is 1. The Labute approximate surface area is 190 Å². The van der Waals surface area contributed by atoms with Gasteiger partial charge in [0, 0.05) is 14.2 Å². The van der Waals surface area contributed by atoms with E-state index in [9.17, 15) is 5.11 Å². The van der Waals surface area contributed by atoms with Crippen molar-refractivity contribution < 1.29 is 24.1 Å². The van der Waals surface area contributed by atoms with Crippen molar-refractivity contribution in [1.29, 1.82) is 0 Å². The molecule has 0 aromatic heterocycles. The van der Waals surface area contributed by atoms with E-state index in [1.54, 1.807) is 39.6 Å². The molecule has 0 radical (unpaired) electrons. The van der Waals surface area contributed by atoms with Crippen LogP contribution >= 0.6 is 0 Å². The van der Waals surface area contributed by atoms with Crippen LogP contribution in [0.3, 0.4) is 0 Å². The molecule has 3 unspecified atom stereocenters. The quantitative estimate of drug-likeness (QED) is 0.361. The molecule has 0 aliphatic heterocycles. The van der Waals surface area contributed by atoms with Crippen molar-refractivity contribution >= 4 is 0 Å². The molecule has 0 bridgehead atoms. The van der Waals surface area contributed by atoms with Gasteiger partial charge < -0.3 is 24.1 Å². The maximum Gasteiger partial charge on any atom is 0.119 e. The highest BCUT2D eigenvalue weighted by Gasteiger charge is 2.31. The van der Waals surface area contributed by atoms with Crippen LogP contribution in [0.4, 0.5) is 0 Å². The summed E-state index contributed by atoms with van der Waals surface area (Å²) >= 11 is 0. The highest BCUT2D eigenvalue weighted by Crippen LogP contribution is 2.26. The smallest absolute Gasteiger partial charge is 0.119 e. The molecule has 0 spiro atoms. The molecular formula is C26H44O5. The summed E-state index contributed by atoms with van der Waals surface area (Å²) in [5.41, 5.74) is 0.956. The predicted octanol–water partition coefficient (Wildman–Crippen LogP) is 5.61. The molecular weight excluding hydrogens is 392 g/mol. The Morgan fingerprint density at radius 1 is 1.10 bits per heavy atom. The van der Waals surface area contributed by atoms with E-state index in [0.717, 1.165) is 11.3 Å². The summed E-state index contributed by atoms with van der Waals surface area (Å²) < 4.78 is 20.4. The van der Waals surface area contributed by atoms with Crippen molar-refractivity contribution in [3.8, 4) is 5.75 Å². The van der Waals surface area contributed by atoms with Crippen molar-refractivity contribution in [3.63, 3.8) is 0 Å². The summed E-state index contributed by atoms with van der Waals surface area (Å²) in [4.78, 5) is 0. The summed E-state index contributed by atoms with van der Waals surface area (Å²) in [6.07, 6.45) is 4.32. The molecule has 0 saturated carbocycles. The number of benzene rings is 1. The number of rotatable bonds is 11. The molecule has 1 aromatic rings. The molecule has 5 heteroatoms. The number of aliphatic hydroxyl groups excluding tert-OH is 1. The third kappa shape index (κ3) is 16.1. The van der Waals surface area contributed by atoms with E-state index in [1.165, 1.54) is 7.11 Å². The maximum absolute atomic E-state index is 10.7. The van der Waals surface area contributed by atoms with Crippen molar-refractivity contribution in [2.75, 3.05) is 35.0 Å². The zero-order chi connectivity index (χ0) is 24.7. The highest BCUT2D eigenvalue weighted by atomic mass is 16.5. The van der Waals surface area contributed by atoms with Gasteiger partial charge in [0.1, 0.15) is 5.75 Å². The number of methoxy groups -OCH3 is 3. The lowest BCUT2D eigenvalue weighted by Gasteiger charge is -2.29. The Bertz CT molecular complexity index is 583. The molecule has 0 saturated heterocycles. The Balaban J connectivity index is -0.000000855. The second-order valence-corrected chi connectivity index (χ2v) is 5.96. The van der Waals surface area contributed by atoms with E-state index >= 15 is 0 Å². The Morgan fingerprint density at radius 2 is 1.65 bits per heavy atom. The Hall–Kier alpha value is -2.34. The van der Waals surface area contributed by atoms with Crippen LogP contribution in [0.1, 0.15) is 26.3 Å². The lowest BCUT2D eigenvalue weighted by molar-refractivity contribution is -0.00636. The topological polar surface area (TPSA) is 57.2 Å². The van der Waals surface area contributed by atoms with E-state index in [-0.39, 0.29) is 0 Å². The van der Waals surface area contributed by atoms with Crippen molar-refractivity contribution in [2.24, 2.45) is 5.92 Å². The van der Waals surface area contributed by atoms with Crippen LogP contribution in [-0.4, -0.2) is 52.4 Å². The lowest BCUT2D eigenvalue weighted by atomic mass is 9.89. The fourth-order valence-corrected chi connectivity index (χ4v) is 2.42. The first-order valence-corrected chi connectivity index (χ1v) is 10.3. The summed E-state index contributed by atoms with van der Waals surface area (Å²) in [7, 11) is 6.39. The van der Waals surface area contributed by atoms with Gasteiger partial charge in [0.2, 0.25) is 0 Å². The van der Waals surface area contributed by atoms with Crippen molar-refractivity contribution in [2.45, 2.75) is 39.4 Å². The van der Waals surface area contributed by atoms with Crippen LogP contribution < -0.4 is 4.74 Å². The van der Waals surface area contributed by atoms with Gasteiger partial charge in [-0.3, -0.25) is 0 Å². The molecule has 0 aliphatic carbocycles. The SMILES string of the molecule is C=CC.C=CCOC(C=C)C(C(=C)OC)C(O)Cc1cccc(OC)c1.CC.COC. The molecule has 1 rings (SSSR count). The molecule has 178 valence electrons. The molecule has 3 atom stereocenters. The van der Waals surface area contributed by atoms with Crippen molar-refractivity contribution in [1.82, 2.24) is 0 Å². The van der Waals surface area contributed by atoms with Gasteiger partial charge in [-0.2, -0.15) is 0 Å².